The zero-order valence-corrected chi connectivity index (χ0v) is 31.4. The minimum atomic E-state index is -2.47. The van der Waals surface area contributed by atoms with Crippen LogP contribution in [0.15, 0.2) is 47.3 Å². The summed E-state index contributed by atoms with van der Waals surface area (Å²) in [4.78, 5) is 29.8. The molecule has 3 aromatic rings. The van der Waals surface area contributed by atoms with E-state index in [0.717, 1.165) is 82.1 Å². The molecule has 1 unspecified atom stereocenters. The molecule has 1 amide bonds. The average Bonchev–Trinajstić information content (AvgIpc) is 3.49. The first-order valence-electron chi connectivity index (χ1n) is 20.2. The summed E-state index contributed by atoms with van der Waals surface area (Å²) in [6, 6.07) is 11.9. The molecule has 0 spiro atoms. The number of fused-ring (bicyclic) bond motifs is 6. The number of aromatic amines is 1. The Kier molecular flexibility index (Phi) is 10.0. The van der Waals surface area contributed by atoms with Gasteiger partial charge in [-0.15, -0.1) is 0 Å². The van der Waals surface area contributed by atoms with Gasteiger partial charge in [-0.25, -0.2) is 18.3 Å². The number of carbonyl (C=O) groups excluding carboxylic acids is 1. The molecule has 0 bridgehead atoms. The van der Waals surface area contributed by atoms with Gasteiger partial charge in [0, 0.05) is 57.4 Å². The molecule has 53 heavy (non-hydrogen) atoms. The maximum atomic E-state index is 15.0. The van der Waals surface area contributed by atoms with Crippen molar-refractivity contribution >= 4 is 16.7 Å². The second-order valence-electron chi connectivity index (χ2n) is 17.6. The minimum absolute atomic E-state index is 0.0666. The Hall–Kier alpha value is -3.24. The summed E-state index contributed by atoms with van der Waals surface area (Å²) in [6.07, 6.45) is 10.2. The van der Waals surface area contributed by atoms with Crippen LogP contribution in [0.25, 0.3) is 10.8 Å². The molecule has 10 heteroatoms. The van der Waals surface area contributed by atoms with Crippen LogP contribution in [0.4, 0.5) is 13.2 Å². The first-order chi connectivity index (χ1) is 25.4. The van der Waals surface area contributed by atoms with Crippen molar-refractivity contribution in [2.24, 2.45) is 34.5 Å². The number of alkyl halides is 2. The summed E-state index contributed by atoms with van der Waals surface area (Å²) in [7, 11) is 0. The van der Waals surface area contributed by atoms with Gasteiger partial charge < -0.3 is 9.64 Å². The molecule has 2 heterocycles. The van der Waals surface area contributed by atoms with Crippen LogP contribution in [0.5, 0.6) is 0 Å². The Labute approximate surface area is 311 Å². The zero-order chi connectivity index (χ0) is 37.0. The maximum absolute atomic E-state index is 15.0. The van der Waals surface area contributed by atoms with E-state index in [0.29, 0.717) is 54.8 Å². The number of unbranched alkanes of at least 4 members (excludes halogenated alkanes) is 1. The lowest BCUT2D eigenvalue weighted by atomic mass is 9.45. The zero-order valence-electron chi connectivity index (χ0n) is 31.4. The fraction of sp³-hybridized carbons (Fsp3) is 0.651. The Morgan fingerprint density at radius 2 is 1.68 bits per heavy atom. The maximum Gasteiger partial charge on any atom is 0.272 e. The summed E-state index contributed by atoms with van der Waals surface area (Å²) >= 11 is 0. The molecule has 1 N–H and O–H groups in total. The third-order valence-corrected chi connectivity index (χ3v) is 14.8. The molecule has 2 aromatic carbocycles. The van der Waals surface area contributed by atoms with Gasteiger partial charge in [0.15, 0.2) is 0 Å². The molecule has 8 rings (SSSR count). The lowest BCUT2D eigenvalue weighted by Crippen LogP contribution is -2.55. The lowest BCUT2D eigenvalue weighted by molar-refractivity contribution is -0.169. The van der Waals surface area contributed by atoms with E-state index in [4.69, 9.17) is 4.74 Å². The number of carbonyl (C=O) groups is 1. The standard InChI is InChI=1S/C43H55F3N4O3/c1-41-17-18-43(45,46)27-29(41)10-11-32-34-12-14-38(42(34,2)16-15-35(32)41)53-24-6-5-19-49-20-22-50(23-21-49)40(52)33-25-28(9-13-36(33)44)26-37-30-7-3-4-8-31(30)39(51)48-47-37/h3-4,7-9,13,25,29,32,34-35,38H,5-6,10-12,14-24,26-27H2,1-2H3,(H,48,51)/t29-,32-,34-,35-,38-,41?,42-/m0/s1. The normalized spacial score (nSPS) is 32.6. The van der Waals surface area contributed by atoms with Gasteiger partial charge in [0.1, 0.15) is 5.82 Å². The molecular weight excluding hydrogens is 677 g/mol. The van der Waals surface area contributed by atoms with Gasteiger partial charge in [0.05, 0.1) is 22.7 Å². The summed E-state index contributed by atoms with van der Waals surface area (Å²) in [5.41, 5.74) is 1.50. The van der Waals surface area contributed by atoms with E-state index in [-0.39, 0.29) is 52.7 Å². The summed E-state index contributed by atoms with van der Waals surface area (Å²) in [6.45, 7) is 9.13. The van der Waals surface area contributed by atoms with Crippen LogP contribution in [-0.4, -0.2) is 77.3 Å². The van der Waals surface area contributed by atoms with E-state index in [1.54, 1.807) is 29.2 Å². The molecule has 1 aromatic heterocycles. The van der Waals surface area contributed by atoms with Gasteiger partial charge in [0.2, 0.25) is 5.92 Å². The van der Waals surface area contributed by atoms with Crippen molar-refractivity contribution in [2.45, 2.75) is 103 Å². The highest BCUT2D eigenvalue weighted by molar-refractivity contribution is 5.95. The van der Waals surface area contributed by atoms with E-state index < -0.39 is 11.7 Å². The largest absolute Gasteiger partial charge is 0.378 e. The Morgan fingerprint density at radius 1 is 0.906 bits per heavy atom. The van der Waals surface area contributed by atoms with E-state index >= 15 is 0 Å². The van der Waals surface area contributed by atoms with Crippen molar-refractivity contribution < 1.29 is 22.7 Å². The van der Waals surface area contributed by atoms with Crippen LogP contribution in [-0.2, 0) is 11.2 Å². The highest BCUT2D eigenvalue weighted by Gasteiger charge is 2.62. The van der Waals surface area contributed by atoms with E-state index in [2.05, 4.69) is 28.9 Å². The number of benzene rings is 2. The number of nitrogens with one attached hydrogen (secondary N) is 1. The molecule has 7 atom stereocenters. The fourth-order valence-electron chi connectivity index (χ4n) is 11.8. The summed E-state index contributed by atoms with van der Waals surface area (Å²) < 4.78 is 50.3. The van der Waals surface area contributed by atoms with Crippen LogP contribution in [0, 0.1) is 40.3 Å². The number of halogens is 3. The van der Waals surface area contributed by atoms with Crippen LogP contribution in [0.2, 0.25) is 0 Å². The smallest absolute Gasteiger partial charge is 0.272 e. The Morgan fingerprint density at radius 3 is 2.49 bits per heavy atom. The van der Waals surface area contributed by atoms with Crippen molar-refractivity contribution in [3.63, 3.8) is 0 Å². The quantitative estimate of drug-likeness (QED) is 0.224. The van der Waals surface area contributed by atoms with Crippen molar-refractivity contribution in [1.29, 1.82) is 0 Å². The summed E-state index contributed by atoms with van der Waals surface area (Å²) in [5, 5.41) is 8.08. The van der Waals surface area contributed by atoms with Crippen molar-refractivity contribution in [3.8, 4) is 0 Å². The fourth-order valence-corrected chi connectivity index (χ4v) is 11.8. The van der Waals surface area contributed by atoms with Gasteiger partial charge in [-0.2, -0.15) is 5.10 Å². The van der Waals surface area contributed by atoms with E-state index in [9.17, 15) is 22.8 Å². The number of hydrogen-bond acceptors (Lipinski definition) is 5. The molecule has 4 aliphatic carbocycles. The molecule has 1 aliphatic heterocycles. The van der Waals surface area contributed by atoms with Crippen molar-refractivity contribution in [1.82, 2.24) is 20.0 Å². The molecule has 4 saturated carbocycles. The van der Waals surface area contributed by atoms with Gasteiger partial charge in [0.25, 0.3) is 11.5 Å². The Bertz CT molecular complexity index is 1880. The van der Waals surface area contributed by atoms with Crippen LogP contribution >= 0.6 is 0 Å². The topological polar surface area (TPSA) is 78.5 Å². The highest BCUT2D eigenvalue weighted by atomic mass is 19.3. The van der Waals surface area contributed by atoms with E-state index in [1.165, 1.54) is 12.5 Å². The van der Waals surface area contributed by atoms with Gasteiger partial charge in [-0.1, -0.05) is 38.1 Å². The number of aromatic nitrogens is 2. The lowest BCUT2D eigenvalue weighted by Gasteiger charge is -2.61. The molecule has 5 fully saturated rings. The van der Waals surface area contributed by atoms with Gasteiger partial charge >= 0.3 is 0 Å². The number of piperazine rings is 1. The van der Waals surface area contributed by atoms with Gasteiger partial charge in [-0.3, -0.25) is 14.5 Å². The number of rotatable bonds is 9. The van der Waals surface area contributed by atoms with Gasteiger partial charge in [-0.05, 0) is 123 Å². The predicted octanol–water partition coefficient (Wildman–Crippen LogP) is 8.25. The van der Waals surface area contributed by atoms with Crippen LogP contribution in [0.1, 0.15) is 106 Å². The monoisotopic (exact) mass is 732 g/mol. The molecule has 286 valence electrons. The first-order valence-corrected chi connectivity index (χ1v) is 20.2. The van der Waals surface area contributed by atoms with Crippen LogP contribution in [0.3, 0.4) is 0 Å². The number of ether oxygens (including phenoxy) is 1. The first kappa shape index (κ1) is 36.7. The number of nitrogens with zero attached hydrogens (tertiary/aromatic N) is 3. The third-order valence-electron chi connectivity index (χ3n) is 14.8. The average molecular weight is 733 g/mol. The van der Waals surface area contributed by atoms with Crippen LogP contribution < -0.4 is 5.56 Å². The third kappa shape index (κ3) is 6.96. The summed E-state index contributed by atoms with van der Waals surface area (Å²) in [5.74, 6) is -1.24. The molecule has 1 saturated heterocycles. The number of hydrogen-bond donors (Lipinski definition) is 1. The molecular formula is C43H55F3N4O3. The second kappa shape index (κ2) is 14.4. The van der Waals surface area contributed by atoms with Crippen molar-refractivity contribution in [3.05, 3.63) is 75.5 Å². The second-order valence-corrected chi connectivity index (χ2v) is 17.6. The molecule has 7 nitrogen and oxygen atoms in total. The number of H-pyrrole nitrogens is 1. The molecule has 5 aliphatic rings. The highest BCUT2D eigenvalue weighted by Crippen LogP contribution is 2.67. The Balaban J connectivity index is 0.785. The number of amides is 1. The SMILES string of the molecule is CC12CCC(F)(F)C[C@@H]1CC[C@@H]1[C@@H]2CC[C@]2(C)[C@@H](OCCCCN3CCN(C(=O)c4cc(Cc5n[nH]c(=O)c6ccccc56)ccc4F)CC3)CC[C@@H]12. The van der Waals surface area contributed by atoms with Crippen molar-refractivity contribution in [2.75, 3.05) is 39.3 Å². The van der Waals surface area contributed by atoms with E-state index in [1.807, 2.05) is 12.1 Å². The minimum Gasteiger partial charge on any atom is -0.378 e. The predicted molar refractivity (Wildman–Crippen MR) is 200 cm³/mol. The molecule has 0 radical (unpaired) electrons.